The van der Waals surface area contributed by atoms with Gasteiger partial charge in [0.1, 0.15) is 0 Å². The second-order valence-electron chi connectivity index (χ2n) is 4.75. The van der Waals surface area contributed by atoms with E-state index in [9.17, 15) is 9.59 Å². The molecule has 0 unspecified atom stereocenters. The number of carbonyl (C=O) groups excluding carboxylic acids is 2. The Kier molecular flexibility index (Phi) is 5.49. The van der Waals surface area contributed by atoms with Crippen molar-refractivity contribution in [2.75, 3.05) is 6.54 Å². The van der Waals surface area contributed by atoms with Crippen molar-refractivity contribution in [3.8, 4) is 0 Å². The lowest BCUT2D eigenvalue weighted by molar-refractivity contribution is 0.0951. The van der Waals surface area contributed by atoms with Crippen LogP contribution in [0.5, 0.6) is 0 Å². The van der Waals surface area contributed by atoms with Crippen molar-refractivity contribution in [2.24, 2.45) is 0 Å². The fourth-order valence-corrected chi connectivity index (χ4v) is 1.95. The summed E-state index contributed by atoms with van der Waals surface area (Å²) in [5, 5.41) is 5.52. The molecular formula is C18H18N2O2. The van der Waals surface area contributed by atoms with Crippen LogP contribution in [-0.4, -0.2) is 18.4 Å². The van der Waals surface area contributed by atoms with Gasteiger partial charge >= 0.3 is 0 Å². The van der Waals surface area contributed by atoms with Crippen LogP contribution in [0.3, 0.4) is 0 Å². The number of benzene rings is 2. The highest BCUT2D eigenvalue weighted by molar-refractivity contribution is 5.99. The van der Waals surface area contributed by atoms with Crippen LogP contribution in [0.15, 0.2) is 67.3 Å². The summed E-state index contributed by atoms with van der Waals surface area (Å²) in [6, 6.07) is 16.3. The highest BCUT2D eigenvalue weighted by atomic mass is 16.2. The van der Waals surface area contributed by atoms with Crippen LogP contribution >= 0.6 is 0 Å². The van der Waals surface area contributed by atoms with Crippen LogP contribution in [0.25, 0.3) is 0 Å². The second kappa shape index (κ2) is 7.78. The van der Waals surface area contributed by atoms with Gasteiger partial charge in [0.25, 0.3) is 11.8 Å². The monoisotopic (exact) mass is 294 g/mol. The van der Waals surface area contributed by atoms with E-state index >= 15 is 0 Å². The topological polar surface area (TPSA) is 58.2 Å². The summed E-state index contributed by atoms with van der Waals surface area (Å²) in [6.45, 7) is 4.39. The van der Waals surface area contributed by atoms with Gasteiger partial charge in [-0.3, -0.25) is 9.59 Å². The van der Waals surface area contributed by atoms with Gasteiger partial charge in [-0.1, -0.05) is 42.5 Å². The molecular weight excluding hydrogens is 276 g/mol. The number of rotatable bonds is 6. The average Bonchev–Trinajstić information content (AvgIpc) is 2.58. The molecule has 0 bridgehead atoms. The zero-order valence-corrected chi connectivity index (χ0v) is 12.2. The Balaban J connectivity index is 2.00. The van der Waals surface area contributed by atoms with Crippen LogP contribution in [0.1, 0.15) is 26.3 Å². The van der Waals surface area contributed by atoms with E-state index in [1.165, 1.54) is 0 Å². The predicted octanol–water partition coefficient (Wildman–Crippen LogP) is 2.53. The minimum atomic E-state index is -0.224. The van der Waals surface area contributed by atoms with Gasteiger partial charge in [0.15, 0.2) is 0 Å². The third kappa shape index (κ3) is 4.31. The van der Waals surface area contributed by atoms with Crippen LogP contribution in [-0.2, 0) is 6.54 Å². The van der Waals surface area contributed by atoms with E-state index < -0.39 is 0 Å². The Morgan fingerprint density at radius 1 is 0.909 bits per heavy atom. The molecule has 0 aliphatic rings. The molecule has 0 saturated heterocycles. The summed E-state index contributed by atoms with van der Waals surface area (Å²) >= 11 is 0. The van der Waals surface area contributed by atoms with Crippen LogP contribution in [0.4, 0.5) is 0 Å². The van der Waals surface area contributed by atoms with Crippen molar-refractivity contribution in [1.82, 2.24) is 10.6 Å². The molecule has 0 saturated carbocycles. The fourth-order valence-electron chi connectivity index (χ4n) is 1.95. The number of hydrogen-bond acceptors (Lipinski definition) is 2. The Labute approximate surface area is 129 Å². The third-order valence-corrected chi connectivity index (χ3v) is 3.09. The Bertz CT molecular complexity index is 666. The first kappa shape index (κ1) is 15.5. The Morgan fingerprint density at radius 3 is 2.18 bits per heavy atom. The predicted molar refractivity (Wildman–Crippen MR) is 86.6 cm³/mol. The first-order chi connectivity index (χ1) is 10.7. The van der Waals surface area contributed by atoms with Gasteiger partial charge in [0.05, 0.1) is 0 Å². The molecule has 0 fully saturated rings. The van der Waals surface area contributed by atoms with E-state index in [0.717, 1.165) is 5.56 Å². The molecule has 4 heteroatoms. The maximum atomic E-state index is 12.1. The number of carbonyl (C=O) groups is 2. The molecule has 2 rings (SSSR count). The fraction of sp³-hybridized carbons (Fsp3) is 0.111. The van der Waals surface area contributed by atoms with Crippen molar-refractivity contribution in [3.63, 3.8) is 0 Å². The largest absolute Gasteiger partial charge is 0.349 e. The summed E-state index contributed by atoms with van der Waals surface area (Å²) in [5.41, 5.74) is 1.94. The highest BCUT2D eigenvalue weighted by Gasteiger charge is 2.09. The van der Waals surface area contributed by atoms with E-state index in [2.05, 4.69) is 17.2 Å². The van der Waals surface area contributed by atoms with Crippen LogP contribution < -0.4 is 10.6 Å². The van der Waals surface area contributed by atoms with Crippen molar-refractivity contribution >= 4 is 11.8 Å². The molecule has 2 aromatic rings. The van der Waals surface area contributed by atoms with Crippen molar-refractivity contribution in [3.05, 3.63) is 83.9 Å². The van der Waals surface area contributed by atoms with Gasteiger partial charge in [0, 0.05) is 24.2 Å². The van der Waals surface area contributed by atoms with Gasteiger partial charge in [0.2, 0.25) is 0 Å². The van der Waals surface area contributed by atoms with E-state index in [0.29, 0.717) is 24.2 Å². The lowest BCUT2D eigenvalue weighted by Gasteiger charge is -2.07. The Hall–Kier alpha value is -2.88. The van der Waals surface area contributed by atoms with Gasteiger partial charge in [-0.15, -0.1) is 6.58 Å². The lowest BCUT2D eigenvalue weighted by Crippen LogP contribution is -2.25. The summed E-state index contributed by atoms with van der Waals surface area (Å²) in [5.74, 6) is -0.431. The zero-order chi connectivity index (χ0) is 15.8. The van der Waals surface area contributed by atoms with Crippen LogP contribution in [0, 0.1) is 0 Å². The van der Waals surface area contributed by atoms with E-state index in [1.807, 2.05) is 30.3 Å². The molecule has 22 heavy (non-hydrogen) atoms. The molecule has 0 heterocycles. The van der Waals surface area contributed by atoms with Crippen molar-refractivity contribution < 1.29 is 9.59 Å². The first-order valence-corrected chi connectivity index (χ1v) is 7.02. The highest BCUT2D eigenvalue weighted by Crippen LogP contribution is 2.06. The molecule has 112 valence electrons. The molecule has 0 aliphatic heterocycles. The summed E-state index contributed by atoms with van der Waals surface area (Å²) in [6.07, 6.45) is 1.61. The summed E-state index contributed by atoms with van der Waals surface area (Å²) in [4.78, 5) is 24.0. The second-order valence-corrected chi connectivity index (χ2v) is 4.75. The SMILES string of the molecule is C=CCNC(=O)c1cccc(C(=O)NCc2ccccc2)c1. The maximum Gasteiger partial charge on any atom is 0.251 e. The normalized spacial score (nSPS) is 9.82. The van der Waals surface area contributed by atoms with Crippen LogP contribution in [0.2, 0.25) is 0 Å². The van der Waals surface area contributed by atoms with Crippen molar-refractivity contribution in [2.45, 2.75) is 6.54 Å². The van der Waals surface area contributed by atoms with E-state index in [1.54, 1.807) is 30.3 Å². The van der Waals surface area contributed by atoms with Gasteiger partial charge < -0.3 is 10.6 Å². The van der Waals surface area contributed by atoms with E-state index in [4.69, 9.17) is 0 Å². The maximum absolute atomic E-state index is 12.1. The average molecular weight is 294 g/mol. The van der Waals surface area contributed by atoms with Gasteiger partial charge in [-0.05, 0) is 23.8 Å². The molecule has 0 atom stereocenters. The third-order valence-electron chi connectivity index (χ3n) is 3.09. The molecule has 0 spiro atoms. The summed E-state index contributed by atoms with van der Waals surface area (Å²) < 4.78 is 0. The molecule has 4 nitrogen and oxygen atoms in total. The van der Waals surface area contributed by atoms with Crippen molar-refractivity contribution in [1.29, 1.82) is 0 Å². The van der Waals surface area contributed by atoms with Gasteiger partial charge in [-0.2, -0.15) is 0 Å². The quantitative estimate of drug-likeness (QED) is 0.804. The standard InChI is InChI=1S/C18H18N2O2/c1-2-11-19-17(21)15-9-6-10-16(12-15)18(22)20-13-14-7-4-3-5-8-14/h2-10,12H,1,11,13H2,(H,19,21)(H,20,22). The number of nitrogens with one attached hydrogen (secondary N) is 2. The number of hydrogen-bond donors (Lipinski definition) is 2. The molecule has 2 N–H and O–H groups in total. The minimum absolute atomic E-state index is 0.206. The Morgan fingerprint density at radius 2 is 1.55 bits per heavy atom. The number of amides is 2. The zero-order valence-electron chi connectivity index (χ0n) is 12.2. The van der Waals surface area contributed by atoms with E-state index in [-0.39, 0.29) is 11.8 Å². The molecule has 2 amide bonds. The molecule has 2 aromatic carbocycles. The first-order valence-electron chi connectivity index (χ1n) is 7.02. The molecule has 0 aliphatic carbocycles. The molecule has 0 aromatic heterocycles. The molecule has 0 radical (unpaired) electrons. The van der Waals surface area contributed by atoms with Gasteiger partial charge in [-0.25, -0.2) is 0 Å². The lowest BCUT2D eigenvalue weighted by atomic mass is 10.1. The minimum Gasteiger partial charge on any atom is -0.349 e. The summed E-state index contributed by atoms with van der Waals surface area (Å²) in [7, 11) is 0. The smallest absolute Gasteiger partial charge is 0.251 e.